The number of benzene rings is 1. The third-order valence-electron chi connectivity index (χ3n) is 5.38. The molecule has 0 saturated heterocycles. The van der Waals surface area contributed by atoms with Crippen LogP contribution >= 0.6 is 0 Å². The Morgan fingerprint density at radius 1 is 0.880 bits per heavy atom. The van der Waals surface area contributed by atoms with Crippen LogP contribution in [-0.4, -0.2) is 29.6 Å². The minimum atomic E-state index is -2.07. The molecule has 0 bridgehead atoms. The summed E-state index contributed by atoms with van der Waals surface area (Å²) < 4.78 is 5.97. The van der Waals surface area contributed by atoms with E-state index in [1.54, 1.807) is 13.3 Å². The topological polar surface area (TPSA) is 20.2 Å². The van der Waals surface area contributed by atoms with E-state index in [2.05, 4.69) is 45.1 Å². The Morgan fingerprint density at radius 2 is 1.40 bits per heavy atom. The molecule has 1 aromatic rings. The molecule has 1 atom stereocenters. The molecular weight excluding hydrogens is 411 g/mol. The molecule has 0 aliphatic heterocycles. The molecule has 1 rings (SSSR count). The average Bonchev–Trinajstić information content (AvgIpc) is 2.63. The van der Waals surface area contributed by atoms with Crippen LogP contribution in [0, 0.1) is 0 Å². The fraction of sp³-hybridized carbons (Fsp3) is 0.652. The summed E-state index contributed by atoms with van der Waals surface area (Å²) in [5.74, 6) is 0. The summed E-state index contributed by atoms with van der Waals surface area (Å²) in [5, 5.41) is 10.4. The standard InChI is InChI=1S/C11H13O.3C4H9.Sn/c1-2-6-11(12)9-10-7-4-3-5-8-10;3*1-3-4-2;/h2-8,11-12H,1,9H2;3*1,3-4H2,2H3;/b6-2+;;;;. The molecule has 0 aromatic heterocycles. The van der Waals surface area contributed by atoms with Gasteiger partial charge in [-0.2, -0.15) is 0 Å². The summed E-state index contributed by atoms with van der Waals surface area (Å²) in [5.41, 5.74) is 1.22. The van der Waals surface area contributed by atoms with Crippen molar-refractivity contribution in [3.05, 3.63) is 48.0 Å². The molecule has 0 heterocycles. The van der Waals surface area contributed by atoms with Gasteiger partial charge >= 0.3 is 161 Å². The average molecular weight is 451 g/mol. The van der Waals surface area contributed by atoms with Crippen molar-refractivity contribution in [2.24, 2.45) is 0 Å². The maximum absolute atomic E-state index is 10.4. The van der Waals surface area contributed by atoms with Gasteiger partial charge in [-0.25, -0.2) is 0 Å². The van der Waals surface area contributed by atoms with E-state index in [1.807, 2.05) is 18.2 Å². The van der Waals surface area contributed by atoms with E-state index in [1.165, 1.54) is 48.5 Å². The second kappa shape index (κ2) is 13.9. The van der Waals surface area contributed by atoms with Crippen molar-refractivity contribution in [3.8, 4) is 0 Å². The van der Waals surface area contributed by atoms with Crippen LogP contribution in [0.4, 0.5) is 0 Å². The zero-order valence-corrected chi connectivity index (χ0v) is 19.7. The Bertz CT molecular complexity index is 433. The number of aliphatic hydroxyl groups excluding tert-OH is 1. The molecule has 0 spiro atoms. The number of aliphatic hydroxyl groups is 1. The number of hydrogen-bond donors (Lipinski definition) is 1. The number of allylic oxidation sites excluding steroid dienone is 1. The van der Waals surface area contributed by atoms with Gasteiger partial charge in [-0.3, -0.25) is 0 Å². The molecule has 0 fully saturated rings. The zero-order chi connectivity index (χ0) is 18.4. The molecule has 142 valence electrons. The van der Waals surface area contributed by atoms with Gasteiger partial charge in [0.1, 0.15) is 0 Å². The van der Waals surface area contributed by atoms with Gasteiger partial charge in [-0.15, -0.1) is 0 Å². The van der Waals surface area contributed by atoms with Gasteiger partial charge in [0.2, 0.25) is 0 Å². The van der Waals surface area contributed by atoms with Crippen LogP contribution in [0.3, 0.4) is 0 Å². The van der Waals surface area contributed by atoms with Crippen LogP contribution in [0.15, 0.2) is 42.5 Å². The van der Waals surface area contributed by atoms with Crippen molar-refractivity contribution >= 4 is 18.4 Å². The molecule has 2 heteroatoms. The Labute approximate surface area is 160 Å². The predicted octanol–water partition coefficient (Wildman–Crippen LogP) is 7.00. The molecule has 1 nitrogen and oxygen atoms in total. The quantitative estimate of drug-likeness (QED) is 0.239. The van der Waals surface area contributed by atoms with E-state index in [0.29, 0.717) is 0 Å². The number of unbranched alkanes of at least 4 members (excludes halogenated alkanes) is 3. The van der Waals surface area contributed by atoms with Crippen LogP contribution in [0.25, 0.3) is 0 Å². The maximum atomic E-state index is 10.4. The Hall–Kier alpha value is -0.281. The molecular formula is C23H40OSn. The normalized spacial score (nSPS) is 13.4. The van der Waals surface area contributed by atoms with Gasteiger partial charge in [-0.05, 0) is 0 Å². The first-order valence-corrected chi connectivity index (χ1v) is 18.6. The van der Waals surface area contributed by atoms with E-state index in [0.717, 1.165) is 6.42 Å². The molecule has 0 saturated carbocycles. The summed E-state index contributed by atoms with van der Waals surface area (Å²) >= 11 is -2.07. The summed E-state index contributed by atoms with van der Waals surface area (Å²) in [4.78, 5) is 0. The monoisotopic (exact) mass is 452 g/mol. The van der Waals surface area contributed by atoms with Gasteiger partial charge in [0.25, 0.3) is 0 Å². The van der Waals surface area contributed by atoms with Gasteiger partial charge in [0.15, 0.2) is 0 Å². The van der Waals surface area contributed by atoms with E-state index in [4.69, 9.17) is 0 Å². The minimum absolute atomic E-state index is 0.338. The van der Waals surface area contributed by atoms with Gasteiger partial charge in [0, 0.05) is 0 Å². The van der Waals surface area contributed by atoms with Crippen LogP contribution in [0.1, 0.15) is 64.9 Å². The fourth-order valence-electron chi connectivity index (χ4n) is 3.74. The van der Waals surface area contributed by atoms with Crippen molar-refractivity contribution in [2.75, 3.05) is 0 Å². The van der Waals surface area contributed by atoms with Gasteiger partial charge < -0.3 is 0 Å². The van der Waals surface area contributed by atoms with Crippen LogP contribution < -0.4 is 0 Å². The molecule has 0 radical (unpaired) electrons. The molecule has 1 aromatic carbocycles. The number of hydrogen-bond acceptors (Lipinski definition) is 1. The van der Waals surface area contributed by atoms with E-state index < -0.39 is 18.4 Å². The van der Waals surface area contributed by atoms with Crippen LogP contribution in [0.2, 0.25) is 17.7 Å². The van der Waals surface area contributed by atoms with Crippen LogP contribution in [-0.2, 0) is 6.42 Å². The van der Waals surface area contributed by atoms with E-state index in [-0.39, 0.29) is 6.10 Å². The van der Waals surface area contributed by atoms with Crippen molar-refractivity contribution in [1.29, 1.82) is 0 Å². The summed E-state index contributed by atoms with van der Waals surface area (Å²) in [6, 6.07) is 10.3. The Balaban J connectivity index is 2.66. The first-order valence-electron chi connectivity index (χ1n) is 10.5. The number of rotatable bonds is 14. The third kappa shape index (κ3) is 9.84. The first-order chi connectivity index (χ1) is 12.2. The Kier molecular flexibility index (Phi) is 12.6. The van der Waals surface area contributed by atoms with Crippen molar-refractivity contribution < 1.29 is 5.11 Å². The van der Waals surface area contributed by atoms with Crippen molar-refractivity contribution in [1.82, 2.24) is 0 Å². The second-order valence-electron chi connectivity index (χ2n) is 7.70. The second-order valence-corrected chi connectivity index (χ2v) is 21.7. The summed E-state index contributed by atoms with van der Waals surface area (Å²) in [6.45, 7) is 6.99. The predicted molar refractivity (Wildman–Crippen MR) is 115 cm³/mol. The molecule has 1 N–H and O–H groups in total. The molecule has 0 aliphatic rings. The zero-order valence-electron chi connectivity index (χ0n) is 16.8. The summed E-state index contributed by atoms with van der Waals surface area (Å²) in [6.07, 6.45) is 13.1. The fourth-order valence-corrected chi connectivity index (χ4v) is 18.9. The Morgan fingerprint density at radius 3 is 1.88 bits per heavy atom. The van der Waals surface area contributed by atoms with Crippen molar-refractivity contribution in [2.45, 2.75) is 89.6 Å². The molecule has 0 aliphatic carbocycles. The first kappa shape index (κ1) is 22.8. The summed E-state index contributed by atoms with van der Waals surface area (Å²) in [7, 11) is 0. The third-order valence-corrected chi connectivity index (χ3v) is 20.6. The molecule has 1 unspecified atom stereocenters. The SMILES string of the molecule is CCC[CH2][Sn]([CH2]/C=C/C(O)Cc1ccccc1)([CH2]CCC)[CH2]CCC. The molecule has 0 amide bonds. The van der Waals surface area contributed by atoms with E-state index in [9.17, 15) is 5.11 Å². The van der Waals surface area contributed by atoms with Crippen LogP contribution in [0.5, 0.6) is 0 Å². The van der Waals surface area contributed by atoms with Gasteiger partial charge in [0.05, 0.1) is 0 Å². The van der Waals surface area contributed by atoms with Gasteiger partial charge in [-0.1, -0.05) is 0 Å². The van der Waals surface area contributed by atoms with E-state index >= 15 is 0 Å². The van der Waals surface area contributed by atoms with Crippen molar-refractivity contribution in [3.63, 3.8) is 0 Å². The molecule has 25 heavy (non-hydrogen) atoms.